The highest BCUT2D eigenvalue weighted by Crippen LogP contribution is 2.11. The van der Waals surface area contributed by atoms with E-state index < -0.39 is 5.97 Å². The highest BCUT2D eigenvalue weighted by Gasteiger charge is 2.10. The Kier molecular flexibility index (Phi) is 5.92. The van der Waals surface area contributed by atoms with Crippen molar-refractivity contribution in [2.24, 2.45) is 0 Å². The van der Waals surface area contributed by atoms with Crippen LogP contribution in [0.2, 0.25) is 0 Å². The quantitative estimate of drug-likeness (QED) is 0.826. The van der Waals surface area contributed by atoms with Crippen molar-refractivity contribution in [3.8, 4) is 0 Å². The van der Waals surface area contributed by atoms with Crippen LogP contribution in [0.15, 0.2) is 48.5 Å². The fourth-order valence-corrected chi connectivity index (χ4v) is 2.51. The van der Waals surface area contributed by atoms with Gasteiger partial charge in [0.25, 0.3) is 0 Å². The molecule has 0 spiro atoms. The van der Waals surface area contributed by atoms with Crippen molar-refractivity contribution in [1.29, 1.82) is 0 Å². The number of hydrogen-bond acceptors (Lipinski definition) is 2. The van der Waals surface area contributed by atoms with Crippen molar-refractivity contribution in [2.75, 3.05) is 6.54 Å². The highest BCUT2D eigenvalue weighted by atomic mass is 16.4. The van der Waals surface area contributed by atoms with Gasteiger partial charge in [-0.15, -0.1) is 0 Å². The second-order valence-electron chi connectivity index (χ2n) is 5.49. The Morgan fingerprint density at radius 3 is 2.30 bits per heavy atom. The molecule has 23 heavy (non-hydrogen) atoms. The van der Waals surface area contributed by atoms with Crippen molar-refractivity contribution >= 4 is 11.9 Å². The van der Waals surface area contributed by atoms with E-state index in [0.717, 1.165) is 6.42 Å². The molecule has 0 atom stereocenters. The van der Waals surface area contributed by atoms with Crippen molar-refractivity contribution in [1.82, 2.24) is 5.32 Å². The van der Waals surface area contributed by atoms with Crippen LogP contribution in [0.4, 0.5) is 0 Å². The van der Waals surface area contributed by atoms with Crippen molar-refractivity contribution < 1.29 is 14.7 Å². The van der Waals surface area contributed by atoms with E-state index in [-0.39, 0.29) is 17.9 Å². The highest BCUT2D eigenvalue weighted by molar-refractivity contribution is 5.89. The van der Waals surface area contributed by atoms with Crippen molar-refractivity contribution in [3.63, 3.8) is 0 Å². The number of carboxylic acid groups (broad SMARTS) is 1. The fourth-order valence-electron chi connectivity index (χ4n) is 2.51. The summed E-state index contributed by atoms with van der Waals surface area (Å²) >= 11 is 0. The largest absolute Gasteiger partial charge is 0.478 e. The molecule has 2 N–H and O–H groups in total. The third-order valence-electron chi connectivity index (χ3n) is 3.85. The molecule has 4 heteroatoms. The predicted molar refractivity (Wildman–Crippen MR) is 89.6 cm³/mol. The Morgan fingerprint density at radius 2 is 1.61 bits per heavy atom. The van der Waals surface area contributed by atoms with Gasteiger partial charge in [-0.25, -0.2) is 4.79 Å². The van der Waals surface area contributed by atoms with Gasteiger partial charge in [0, 0.05) is 13.0 Å². The van der Waals surface area contributed by atoms with Gasteiger partial charge in [0.1, 0.15) is 0 Å². The number of carbonyl (C=O) groups is 2. The number of carbonyl (C=O) groups excluding carboxylic acids is 1. The van der Waals surface area contributed by atoms with Crippen molar-refractivity contribution in [2.45, 2.75) is 26.2 Å². The second-order valence-corrected chi connectivity index (χ2v) is 5.49. The topological polar surface area (TPSA) is 66.4 Å². The number of amides is 1. The third-order valence-corrected chi connectivity index (χ3v) is 3.85. The summed E-state index contributed by atoms with van der Waals surface area (Å²) in [5.74, 6) is -1.01. The molecule has 1 amide bonds. The van der Waals surface area contributed by atoms with E-state index in [1.165, 1.54) is 11.1 Å². The van der Waals surface area contributed by atoms with E-state index in [4.69, 9.17) is 5.11 Å². The minimum atomic E-state index is -0.958. The van der Waals surface area contributed by atoms with Gasteiger partial charge in [0.2, 0.25) is 5.91 Å². The van der Waals surface area contributed by atoms with Crippen molar-refractivity contribution in [3.05, 3.63) is 70.8 Å². The first-order valence-corrected chi connectivity index (χ1v) is 7.70. The maximum atomic E-state index is 11.9. The molecule has 4 nitrogen and oxygen atoms in total. The van der Waals surface area contributed by atoms with Gasteiger partial charge in [-0.3, -0.25) is 4.79 Å². The molecule has 120 valence electrons. The van der Waals surface area contributed by atoms with Gasteiger partial charge in [-0.1, -0.05) is 42.5 Å². The lowest BCUT2D eigenvalue weighted by Gasteiger charge is -2.08. The SMILES string of the molecule is Cc1ccccc1CCNC(=O)CCc1ccccc1C(=O)O. The fraction of sp³-hybridized carbons (Fsp3) is 0.263. The van der Waals surface area contributed by atoms with Crippen LogP contribution < -0.4 is 5.32 Å². The number of aromatic carboxylic acids is 1. The van der Waals surface area contributed by atoms with Crippen LogP contribution in [0.25, 0.3) is 0 Å². The summed E-state index contributed by atoms with van der Waals surface area (Å²) < 4.78 is 0. The number of nitrogens with one attached hydrogen (secondary N) is 1. The maximum absolute atomic E-state index is 11.9. The smallest absolute Gasteiger partial charge is 0.335 e. The summed E-state index contributed by atoms with van der Waals surface area (Å²) in [5.41, 5.74) is 3.40. The van der Waals surface area contributed by atoms with E-state index in [2.05, 4.69) is 24.4 Å². The molecule has 0 saturated heterocycles. The molecule has 2 aromatic rings. The number of hydrogen-bond donors (Lipinski definition) is 2. The van der Waals surface area contributed by atoms with Crippen LogP contribution in [0.3, 0.4) is 0 Å². The molecule has 0 unspecified atom stereocenters. The molecule has 0 aliphatic rings. The standard InChI is InChI=1S/C19H21NO3/c1-14-6-2-3-7-15(14)12-13-20-18(21)11-10-16-8-4-5-9-17(16)19(22)23/h2-9H,10-13H2,1H3,(H,20,21)(H,22,23). The van der Waals surface area contributed by atoms with E-state index >= 15 is 0 Å². The number of benzene rings is 2. The maximum Gasteiger partial charge on any atom is 0.335 e. The van der Waals surface area contributed by atoms with Crippen LogP contribution in [0.1, 0.15) is 33.5 Å². The average Bonchev–Trinajstić information content (AvgIpc) is 2.55. The summed E-state index contributed by atoms with van der Waals surface area (Å²) in [6, 6.07) is 14.9. The molecule has 0 aliphatic carbocycles. The summed E-state index contributed by atoms with van der Waals surface area (Å²) in [6.45, 7) is 2.64. The first-order chi connectivity index (χ1) is 11.1. The Morgan fingerprint density at radius 1 is 0.957 bits per heavy atom. The molecular formula is C19H21NO3. The summed E-state index contributed by atoms with van der Waals surface area (Å²) in [5, 5.41) is 12.0. The zero-order chi connectivity index (χ0) is 16.7. The van der Waals surface area contributed by atoms with Crippen LogP contribution >= 0.6 is 0 Å². The lowest BCUT2D eigenvalue weighted by molar-refractivity contribution is -0.121. The van der Waals surface area contributed by atoms with E-state index in [9.17, 15) is 9.59 Å². The van der Waals surface area contributed by atoms with Gasteiger partial charge in [-0.2, -0.15) is 0 Å². The third kappa shape index (κ3) is 4.95. The lowest BCUT2D eigenvalue weighted by Crippen LogP contribution is -2.26. The molecule has 0 saturated carbocycles. The first-order valence-electron chi connectivity index (χ1n) is 7.70. The molecular weight excluding hydrogens is 290 g/mol. The Balaban J connectivity index is 1.80. The van der Waals surface area contributed by atoms with Crippen LogP contribution in [0, 0.1) is 6.92 Å². The summed E-state index contributed by atoms with van der Waals surface area (Å²) in [7, 11) is 0. The van der Waals surface area contributed by atoms with Gasteiger partial charge in [0.15, 0.2) is 0 Å². The molecule has 0 fully saturated rings. The van der Waals surface area contributed by atoms with Gasteiger partial charge in [0.05, 0.1) is 5.56 Å². The van der Waals surface area contributed by atoms with Gasteiger partial charge >= 0.3 is 5.97 Å². The Hall–Kier alpha value is -2.62. The second kappa shape index (κ2) is 8.13. The zero-order valence-corrected chi connectivity index (χ0v) is 13.2. The summed E-state index contributed by atoms with van der Waals surface area (Å²) in [6.07, 6.45) is 1.51. The lowest BCUT2D eigenvalue weighted by atomic mass is 10.0. The molecule has 0 heterocycles. The first kappa shape index (κ1) is 16.7. The number of carboxylic acids is 1. The van der Waals surface area contributed by atoms with Crippen LogP contribution in [0.5, 0.6) is 0 Å². The van der Waals surface area contributed by atoms with E-state index in [1.807, 2.05) is 12.1 Å². The predicted octanol–water partition coefficient (Wildman–Crippen LogP) is 2.98. The van der Waals surface area contributed by atoms with E-state index in [1.54, 1.807) is 24.3 Å². The minimum Gasteiger partial charge on any atom is -0.478 e. The van der Waals surface area contributed by atoms with Crippen LogP contribution in [-0.2, 0) is 17.6 Å². The van der Waals surface area contributed by atoms with Crippen LogP contribution in [-0.4, -0.2) is 23.5 Å². The normalized spacial score (nSPS) is 10.3. The average molecular weight is 311 g/mol. The zero-order valence-electron chi connectivity index (χ0n) is 13.2. The molecule has 0 radical (unpaired) electrons. The van der Waals surface area contributed by atoms with E-state index in [0.29, 0.717) is 18.5 Å². The molecule has 2 aromatic carbocycles. The number of aryl methyl sites for hydroxylation is 2. The summed E-state index contributed by atoms with van der Waals surface area (Å²) in [4.78, 5) is 23.0. The molecule has 0 aromatic heterocycles. The Labute approximate surface area is 136 Å². The Bertz CT molecular complexity index is 695. The molecule has 0 bridgehead atoms. The monoisotopic (exact) mass is 311 g/mol. The minimum absolute atomic E-state index is 0.0567. The van der Waals surface area contributed by atoms with Gasteiger partial charge in [-0.05, 0) is 42.5 Å². The molecule has 2 rings (SSSR count). The molecule has 0 aliphatic heterocycles. The van der Waals surface area contributed by atoms with Gasteiger partial charge < -0.3 is 10.4 Å². The number of rotatable bonds is 7.